The predicted octanol–water partition coefficient (Wildman–Crippen LogP) is 5.09. The summed E-state index contributed by atoms with van der Waals surface area (Å²) in [5, 5.41) is 0.783. The Morgan fingerprint density at radius 3 is 2.47 bits per heavy atom. The fraction of sp³-hybridized carbons (Fsp3) is 0.292. The van der Waals surface area contributed by atoms with E-state index in [9.17, 15) is 4.79 Å². The van der Waals surface area contributed by atoms with Gasteiger partial charge in [-0.3, -0.25) is 9.69 Å². The fourth-order valence-corrected chi connectivity index (χ4v) is 4.07. The number of hydrogen-bond donors (Lipinski definition) is 0. The van der Waals surface area contributed by atoms with E-state index in [1.807, 2.05) is 73.2 Å². The van der Waals surface area contributed by atoms with Crippen molar-refractivity contribution in [2.45, 2.75) is 24.5 Å². The second-order valence-corrected chi connectivity index (χ2v) is 8.23. The van der Waals surface area contributed by atoms with E-state index in [0.29, 0.717) is 0 Å². The van der Waals surface area contributed by atoms with Crippen molar-refractivity contribution in [3.63, 3.8) is 0 Å². The fourth-order valence-electron chi connectivity index (χ4n) is 3.75. The number of carbonyl (C=O) groups excluding carboxylic acids is 1. The highest BCUT2D eigenvalue weighted by atomic mass is 32.2. The van der Waals surface area contributed by atoms with E-state index in [1.165, 1.54) is 11.8 Å². The normalized spacial score (nSPS) is 16.9. The van der Waals surface area contributed by atoms with Gasteiger partial charge in [-0.05, 0) is 62.0 Å². The molecule has 0 N–H and O–H groups in total. The van der Waals surface area contributed by atoms with Gasteiger partial charge in [0.15, 0.2) is 10.9 Å². The molecule has 1 saturated heterocycles. The summed E-state index contributed by atoms with van der Waals surface area (Å²) >= 11 is 1.54. The lowest BCUT2D eigenvalue weighted by molar-refractivity contribution is 0.0811. The molecule has 1 aliphatic heterocycles. The van der Waals surface area contributed by atoms with Crippen LogP contribution in [0, 0.1) is 5.92 Å². The number of hydrogen-bond acceptors (Lipinski definition) is 6. The predicted molar refractivity (Wildman–Crippen MR) is 119 cm³/mol. The summed E-state index contributed by atoms with van der Waals surface area (Å²) in [4.78, 5) is 24.1. The molecule has 0 amide bonds. The van der Waals surface area contributed by atoms with E-state index in [1.54, 1.807) is 0 Å². The van der Waals surface area contributed by atoms with Gasteiger partial charge in [0.2, 0.25) is 0 Å². The Labute approximate surface area is 181 Å². The number of ether oxygens (including phenoxy) is 1. The average Bonchev–Trinajstić information content (AvgIpc) is 2.80. The van der Waals surface area contributed by atoms with Gasteiger partial charge in [-0.1, -0.05) is 30.0 Å². The van der Waals surface area contributed by atoms with Gasteiger partial charge in [0.25, 0.3) is 0 Å². The van der Waals surface area contributed by atoms with Gasteiger partial charge in [-0.25, -0.2) is 9.97 Å². The molecule has 0 radical (unpaired) electrons. The summed E-state index contributed by atoms with van der Waals surface area (Å²) in [5.74, 6) is 1.75. The first-order valence-corrected chi connectivity index (χ1v) is 11.4. The molecule has 2 aromatic carbocycles. The maximum absolute atomic E-state index is 13.1. The molecule has 0 aliphatic carbocycles. The minimum Gasteiger partial charge on any atom is -0.457 e. The molecule has 1 aromatic heterocycles. The molecule has 4 rings (SSSR count). The van der Waals surface area contributed by atoms with E-state index in [2.05, 4.69) is 14.9 Å². The summed E-state index contributed by atoms with van der Waals surface area (Å²) in [6.45, 7) is 2.55. The molecule has 0 spiro atoms. The van der Waals surface area contributed by atoms with Crippen molar-refractivity contribution in [1.29, 1.82) is 0 Å². The van der Waals surface area contributed by atoms with E-state index >= 15 is 0 Å². The van der Waals surface area contributed by atoms with Crippen LogP contribution < -0.4 is 4.74 Å². The lowest BCUT2D eigenvalue weighted by Gasteiger charge is -2.31. The Balaban J connectivity index is 1.36. The first-order chi connectivity index (χ1) is 14.7. The quantitative estimate of drug-likeness (QED) is 0.302. The van der Waals surface area contributed by atoms with Gasteiger partial charge in [0.05, 0.1) is 0 Å². The average molecular weight is 420 g/mol. The van der Waals surface area contributed by atoms with Crippen LogP contribution in [0.15, 0.2) is 72.1 Å². The molecule has 5 nitrogen and oxygen atoms in total. The number of piperidine rings is 1. The Kier molecular flexibility index (Phi) is 6.77. The first-order valence-electron chi connectivity index (χ1n) is 10.2. The van der Waals surface area contributed by atoms with Crippen LogP contribution >= 0.6 is 11.8 Å². The maximum atomic E-state index is 13.1. The van der Waals surface area contributed by atoms with Crippen molar-refractivity contribution in [2.75, 3.05) is 19.3 Å². The molecule has 1 aliphatic rings. The minimum atomic E-state index is 0.0195. The van der Waals surface area contributed by atoms with Crippen molar-refractivity contribution >= 4 is 17.5 Å². The Bertz CT molecular complexity index is 962. The van der Waals surface area contributed by atoms with Crippen LogP contribution in [-0.2, 0) is 6.54 Å². The minimum absolute atomic E-state index is 0.0195. The number of rotatable bonds is 7. The molecule has 154 valence electrons. The van der Waals surface area contributed by atoms with Gasteiger partial charge in [-0.15, -0.1) is 0 Å². The van der Waals surface area contributed by atoms with E-state index in [0.717, 1.165) is 60.3 Å². The number of benzene rings is 2. The molecular weight excluding hydrogens is 394 g/mol. The van der Waals surface area contributed by atoms with Crippen molar-refractivity contribution in [3.05, 3.63) is 78.1 Å². The summed E-state index contributed by atoms with van der Waals surface area (Å²) < 4.78 is 5.83. The molecular formula is C24H25N3O2S. The molecule has 30 heavy (non-hydrogen) atoms. The molecule has 0 bridgehead atoms. The number of Topliss-reactive ketones (excluding diaryl/α,β-unsaturated/α-hetero) is 1. The van der Waals surface area contributed by atoms with Gasteiger partial charge < -0.3 is 4.74 Å². The topological polar surface area (TPSA) is 55.3 Å². The molecule has 1 unspecified atom stereocenters. The highest BCUT2D eigenvalue weighted by Gasteiger charge is 2.26. The molecule has 0 saturated carbocycles. The van der Waals surface area contributed by atoms with Crippen LogP contribution in [0.1, 0.15) is 28.8 Å². The molecule has 2 heterocycles. The number of para-hydroxylation sites is 1. The van der Waals surface area contributed by atoms with Gasteiger partial charge >= 0.3 is 0 Å². The second kappa shape index (κ2) is 9.87. The molecule has 1 fully saturated rings. The second-order valence-electron chi connectivity index (χ2n) is 7.46. The zero-order valence-corrected chi connectivity index (χ0v) is 17.8. The Morgan fingerprint density at radius 1 is 1.07 bits per heavy atom. The number of nitrogens with zero attached hydrogens (tertiary/aromatic N) is 3. The van der Waals surface area contributed by atoms with E-state index < -0.39 is 0 Å². The third kappa shape index (κ3) is 5.26. The standard InChI is InChI=1S/C24H25N3O2S/c1-30-24-25-14-18(15-26-24)16-27-13-5-6-20(17-27)23(28)19-9-11-22(12-10-19)29-21-7-3-2-4-8-21/h2-4,7-12,14-15,20H,5-6,13,16-17H2,1H3. The van der Waals surface area contributed by atoms with Crippen LogP contribution in [-0.4, -0.2) is 40.0 Å². The number of likely N-dealkylation sites (tertiary alicyclic amines) is 1. The van der Waals surface area contributed by atoms with Crippen LogP contribution in [0.3, 0.4) is 0 Å². The Morgan fingerprint density at radius 2 is 1.77 bits per heavy atom. The van der Waals surface area contributed by atoms with Crippen LogP contribution in [0.25, 0.3) is 0 Å². The highest BCUT2D eigenvalue weighted by molar-refractivity contribution is 7.98. The number of carbonyl (C=O) groups is 1. The SMILES string of the molecule is CSc1ncc(CN2CCCC(C(=O)c3ccc(Oc4ccccc4)cc3)C2)cn1. The number of aromatic nitrogens is 2. The third-order valence-corrected chi connectivity index (χ3v) is 5.84. The van der Waals surface area contributed by atoms with Gasteiger partial charge in [0.1, 0.15) is 11.5 Å². The monoisotopic (exact) mass is 419 g/mol. The smallest absolute Gasteiger partial charge is 0.187 e. The van der Waals surface area contributed by atoms with E-state index in [-0.39, 0.29) is 11.7 Å². The van der Waals surface area contributed by atoms with Crippen molar-refractivity contribution in [3.8, 4) is 11.5 Å². The van der Waals surface area contributed by atoms with Crippen LogP contribution in [0.5, 0.6) is 11.5 Å². The van der Waals surface area contributed by atoms with Crippen molar-refractivity contribution in [2.24, 2.45) is 5.92 Å². The maximum Gasteiger partial charge on any atom is 0.187 e. The zero-order valence-electron chi connectivity index (χ0n) is 17.0. The zero-order chi connectivity index (χ0) is 20.8. The Hall–Kier alpha value is -2.70. The third-order valence-electron chi connectivity index (χ3n) is 5.26. The largest absolute Gasteiger partial charge is 0.457 e. The summed E-state index contributed by atoms with van der Waals surface area (Å²) in [6.07, 6.45) is 7.69. The van der Waals surface area contributed by atoms with E-state index in [4.69, 9.17) is 4.74 Å². The molecule has 1 atom stereocenters. The summed E-state index contributed by atoms with van der Waals surface area (Å²) in [7, 11) is 0. The van der Waals surface area contributed by atoms with Crippen molar-refractivity contribution < 1.29 is 9.53 Å². The summed E-state index contributed by atoms with van der Waals surface area (Å²) in [5.41, 5.74) is 1.83. The van der Waals surface area contributed by atoms with Crippen LogP contribution in [0.2, 0.25) is 0 Å². The van der Waals surface area contributed by atoms with Gasteiger partial charge in [0, 0.05) is 42.5 Å². The highest BCUT2D eigenvalue weighted by Crippen LogP contribution is 2.25. The summed E-state index contributed by atoms with van der Waals surface area (Å²) in [6, 6.07) is 17.1. The lowest BCUT2D eigenvalue weighted by Crippen LogP contribution is -2.38. The number of ketones is 1. The van der Waals surface area contributed by atoms with Crippen LogP contribution in [0.4, 0.5) is 0 Å². The number of thioether (sulfide) groups is 1. The van der Waals surface area contributed by atoms with Gasteiger partial charge in [-0.2, -0.15) is 0 Å². The van der Waals surface area contributed by atoms with Crippen molar-refractivity contribution in [1.82, 2.24) is 14.9 Å². The molecule has 6 heteroatoms. The molecule has 3 aromatic rings. The first kappa shape index (κ1) is 20.6. The lowest BCUT2D eigenvalue weighted by atomic mass is 9.90.